The van der Waals surface area contributed by atoms with Crippen LogP contribution in [-0.4, -0.2) is 10.7 Å². The van der Waals surface area contributed by atoms with Crippen LogP contribution in [0.2, 0.25) is 0 Å². The Labute approximate surface area is 122 Å². The molecule has 0 N–H and O–H groups in total. The molecule has 0 radical (unpaired) electrons. The van der Waals surface area contributed by atoms with Crippen molar-refractivity contribution in [1.29, 1.82) is 0 Å². The van der Waals surface area contributed by atoms with Gasteiger partial charge in [-0.05, 0) is 42.8 Å². The minimum atomic E-state index is -0.482. The number of hydrogen-bond donors (Lipinski definition) is 0. The highest BCUT2D eigenvalue weighted by atomic mass is 16.6. The quantitative estimate of drug-likeness (QED) is 0.467. The van der Waals surface area contributed by atoms with Crippen LogP contribution in [0.15, 0.2) is 42.5 Å². The average molecular weight is 285 g/mol. The molecule has 0 heterocycles. The number of hydrogen-bond acceptors (Lipinski definition) is 4. The lowest BCUT2D eigenvalue weighted by Gasteiger charge is -2.07. The Bertz CT molecular complexity index is 677. The van der Waals surface area contributed by atoms with Crippen LogP contribution in [0.4, 0.5) is 5.69 Å². The number of carbonyl (C=O) groups excluding carboxylic acids is 1. The van der Waals surface area contributed by atoms with Gasteiger partial charge in [-0.2, -0.15) is 0 Å². The van der Waals surface area contributed by atoms with E-state index in [-0.39, 0.29) is 17.2 Å². The Morgan fingerprint density at radius 1 is 1.19 bits per heavy atom. The second kappa shape index (κ2) is 6.17. The molecule has 0 aromatic heterocycles. The zero-order valence-electron chi connectivity index (χ0n) is 11.8. The van der Waals surface area contributed by atoms with E-state index < -0.39 is 4.92 Å². The van der Waals surface area contributed by atoms with Gasteiger partial charge in [0.05, 0.1) is 4.92 Å². The lowest BCUT2D eigenvalue weighted by molar-refractivity contribution is -0.385. The Morgan fingerprint density at radius 3 is 2.43 bits per heavy atom. The Balaban J connectivity index is 2.28. The molecule has 0 amide bonds. The minimum Gasteiger partial charge on any atom is -0.450 e. The van der Waals surface area contributed by atoms with Crippen LogP contribution in [0, 0.1) is 17.0 Å². The molecule has 0 spiro atoms. The third-order valence-electron chi connectivity index (χ3n) is 3.04. The monoisotopic (exact) mass is 285 g/mol. The zero-order chi connectivity index (χ0) is 15.4. The summed E-state index contributed by atoms with van der Waals surface area (Å²) < 4.78 is 5.57. The van der Waals surface area contributed by atoms with E-state index in [1.807, 2.05) is 6.92 Å². The van der Waals surface area contributed by atoms with E-state index in [0.29, 0.717) is 17.7 Å². The minimum absolute atomic E-state index is 0.0445. The molecular weight excluding hydrogens is 270 g/mol. The summed E-state index contributed by atoms with van der Waals surface area (Å²) in [7, 11) is 0. The fourth-order valence-electron chi connectivity index (χ4n) is 1.89. The molecule has 0 bridgehead atoms. The molecule has 108 valence electrons. The molecule has 0 saturated carbocycles. The number of aryl methyl sites for hydroxylation is 1. The predicted octanol–water partition coefficient (Wildman–Crippen LogP) is 4.29. The first-order valence-corrected chi connectivity index (χ1v) is 6.57. The van der Waals surface area contributed by atoms with Crippen molar-refractivity contribution in [3.63, 3.8) is 0 Å². The van der Waals surface area contributed by atoms with Crippen molar-refractivity contribution in [2.45, 2.75) is 20.3 Å². The third-order valence-corrected chi connectivity index (χ3v) is 3.04. The highest BCUT2D eigenvalue weighted by molar-refractivity contribution is 5.95. The number of nitro groups is 1. The Morgan fingerprint density at radius 2 is 1.86 bits per heavy atom. The fraction of sp³-hybridized carbons (Fsp3) is 0.188. The van der Waals surface area contributed by atoms with E-state index >= 15 is 0 Å². The number of rotatable bonds is 5. The van der Waals surface area contributed by atoms with Gasteiger partial charge in [0.2, 0.25) is 5.75 Å². The van der Waals surface area contributed by atoms with Crippen molar-refractivity contribution in [2.75, 3.05) is 0 Å². The van der Waals surface area contributed by atoms with Gasteiger partial charge < -0.3 is 4.74 Å². The van der Waals surface area contributed by atoms with Crippen molar-refractivity contribution in [3.8, 4) is 11.5 Å². The van der Waals surface area contributed by atoms with E-state index in [2.05, 4.69) is 0 Å². The Kier molecular flexibility index (Phi) is 4.33. The van der Waals surface area contributed by atoms with Crippen molar-refractivity contribution in [1.82, 2.24) is 0 Å². The first kappa shape index (κ1) is 14.7. The molecule has 21 heavy (non-hydrogen) atoms. The lowest BCUT2D eigenvalue weighted by Crippen LogP contribution is -1.97. The van der Waals surface area contributed by atoms with Gasteiger partial charge >= 0.3 is 5.69 Å². The van der Waals surface area contributed by atoms with Crippen LogP contribution in [0.5, 0.6) is 11.5 Å². The highest BCUT2D eigenvalue weighted by Crippen LogP contribution is 2.32. The first-order chi connectivity index (χ1) is 10.0. The molecule has 0 aliphatic rings. The molecule has 0 aliphatic carbocycles. The van der Waals surface area contributed by atoms with Crippen molar-refractivity contribution >= 4 is 11.5 Å². The van der Waals surface area contributed by atoms with E-state index in [1.165, 1.54) is 6.07 Å². The fourth-order valence-corrected chi connectivity index (χ4v) is 1.89. The number of benzene rings is 2. The number of ether oxygens (including phenoxy) is 1. The molecule has 2 aromatic carbocycles. The SMILES string of the molecule is CCC(=O)c1ccc(Oc2cc(C)ccc2[N+](=O)[O-])cc1. The van der Waals surface area contributed by atoms with Gasteiger partial charge in [0.25, 0.3) is 0 Å². The Hall–Kier alpha value is -2.69. The summed E-state index contributed by atoms with van der Waals surface area (Å²) in [6.45, 7) is 3.63. The van der Waals surface area contributed by atoms with Gasteiger partial charge in [-0.15, -0.1) is 0 Å². The molecule has 2 rings (SSSR count). The summed E-state index contributed by atoms with van der Waals surface area (Å²) in [5.74, 6) is 0.689. The summed E-state index contributed by atoms with van der Waals surface area (Å²) in [4.78, 5) is 22.0. The summed E-state index contributed by atoms with van der Waals surface area (Å²) in [5, 5.41) is 11.0. The van der Waals surface area contributed by atoms with Gasteiger partial charge in [0.15, 0.2) is 5.78 Å². The summed E-state index contributed by atoms with van der Waals surface area (Å²) in [6, 6.07) is 11.3. The van der Waals surface area contributed by atoms with E-state index in [0.717, 1.165) is 5.56 Å². The number of Topliss-reactive ketones (excluding diaryl/α,β-unsaturated/α-hetero) is 1. The molecule has 2 aromatic rings. The maximum absolute atomic E-state index is 11.5. The second-order valence-electron chi connectivity index (χ2n) is 4.63. The van der Waals surface area contributed by atoms with E-state index in [4.69, 9.17) is 4.74 Å². The largest absolute Gasteiger partial charge is 0.450 e. The summed E-state index contributed by atoms with van der Waals surface area (Å²) in [5.41, 5.74) is 1.38. The maximum atomic E-state index is 11.5. The third kappa shape index (κ3) is 3.45. The van der Waals surface area contributed by atoms with Gasteiger partial charge in [-0.25, -0.2) is 0 Å². The predicted molar refractivity (Wildman–Crippen MR) is 79.0 cm³/mol. The van der Waals surface area contributed by atoms with E-state index in [1.54, 1.807) is 43.3 Å². The molecule has 0 atom stereocenters. The van der Waals surface area contributed by atoms with Crippen molar-refractivity contribution < 1.29 is 14.5 Å². The number of carbonyl (C=O) groups is 1. The van der Waals surface area contributed by atoms with Crippen molar-refractivity contribution in [2.24, 2.45) is 0 Å². The average Bonchev–Trinajstić information content (AvgIpc) is 2.47. The normalized spacial score (nSPS) is 10.2. The van der Waals surface area contributed by atoms with Crippen LogP contribution in [0.3, 0.4) is 0 Å². The first-order valence-electron chi connectivity index (χ1n) is 6.57. The summed E-state index contributed by atoms with van der Waals surface area (Å²) >= 11 is 0. The second-order valence-corrected chi connectivity index (χ2v) is 4.63. The molecule has 0 saturated heterocycles. The molecule has 5 nitrogen and oxygen atoms in total. The van der Waals surface area contributed by atoms with Crippen LogP contribution in [-0.2, 0) is 0 Å². The molecule has 0 fully saturated rings. The molecule has 0 aliphatic heterocycles. The number of nitro benzene ring substituents is 1. The standard InChI is InChI=1S/C16H15NO4/c1-3-15(18)12-5-7-13(8-6-12)21-16-10-11(2)4-9-14(16)17(19)20/h4-10H,3H2,1-2H3. The van der Waals surface area contributed by atoms with Gasteiger partial charge in [0.1, 0.15) is 5.75 Å². The smallest absolute Gasteiger partial charge is 0.311 e. The highest BCUT2D eigenvalue weighted by Gasteiger charge is 2.15. The van der Waals surface area contributed by atoms with Crippen LogP contribution in [0.1, 0.15) is 29.3 Å². The van der Waals surface area contributed by atoms with Gasteiger partial charge in [-0.1, -0.05) is 13.0 Å². The van der Waals surface area contributed by atoms with Crippen LogP contribution < -0.4 is 4.74 Å². The number of ketones is 1. The number of nitrogens with zero attached hydrogens (tertiary/aromatic N) is 1. The molecular formula is C16H15NO4. The van der Waals surface area contributed by atoms with Crippen LogP contribution in [0.25, 0.3) is 0 Å². The maximum Gasteiger partial charge on any atom is 0.311 e. The topological polar surface area (TPSA) is 69.4 Å². The van der Waals surface area contributed by atoms with Gasteiger partial charge in [-0.3, -0.25) is 14.9 Å². The molecule has 5 heteroatoms. The van der Waals surface area contributed by atoms with E-state index in [9.17, 15) is 14.9 Å². The summed E-state index contributed by atoms with van der Waals surface area (Å²) in [6.07, 6.45) is 0.434. The zero-order valence-corrected chi connectivity index (χ0v) is 11.8. The van der Waals surface area contributed by atoms with Crippen molar-refractivity contribution in [3.05, 3.63) is 63.7 Å². The molecule has 0 unspecified atom stereocenters. The van der Waals surface area contributed by atoms with Crippen LogP contribution >= 0.6 is 0 Å². The lowest BCUT2D eigenvalue weighted by atomic mass is 10.1. The van der Waals surface area contributed by atoms with Gasteiger partial charge in [0, 0.05) is 18.1 Å².